The lowest BCUT2D eigenvalue weighted by molar-refractivity contribution is 0.660. The van der Waals surface area contributed by atoms with Crippen LogP contribution in [0.1, 0.15) is 72.2 Å². The summed E-state index contributed by atoms with van der Waals surface area (Å²) in [4.78, 5) is 2.48. The summed E-state index contributed by atoms with van der Waals surface area (Å²) in [7, 11) is 0. The zero-order chi connectivity index (χ0) is 53.5. The van der Waals surface area contributed by atoms with Gasteiger partial charge in [0, 0.05) is 27.9 Å². The van der Waals surface area contributed by atoms with E-state index in [0.29, 0.717) is 0 Å². The number of benzene rings is 13. The topological polar surface area (TPSA) is 3.24 Å². The van der Waals surface area contributed by atoms with Gasteiger partial charge in [-0.15, -0.1) is 0 Å². The highest BCUT2D eigenvalue weighted by Gasteiger charge is 2.46. The van der Waals surface area contributed by atoms with Gasteiger partial charge < -0.3 is 4.90 Å². The number of anilines is 3. The Kier molecular flexibility index (Phi) is 10.0. The molecule has 13 aromatic carbocycles. The summed E-state index contributed by atoms with van der Waals surface area (Å²) in [5, 5.41) is 7.50. The van der Waals surface area contributed by atoms with Crippen LogP contribution in [0.2, 0.25) is 0 Å². The summed E-state index contributed by atoms with van der Waals surface area (Å²) < 4.78 is 0. The minimum atomic E-state index is -0.445. The maximum Gasteiger partial charge on any atom is 0.0713 e. The first-order chi connectivity index (χ1) is 39.2. The Morgan fingerprint density at radius 2 is 0.600 bits per heavy atom. The SMILES string of the molecule is CC1(C)c2ccccc2-c2ccc(N(c3ccc(-c4cc5c6ccccc6c(-c6ccc7c(c6)-c6ccccc6C7(c6ccccc6)c6ccccc6)cc5c5ccccc45)cc3)c3ccc4c(c3)C(C)(C)c3ccccc3-4)cc21. The second-order valence-corrected chi connectivity index (χ2v) is 23.5. The highest BCUT2D eigenvalue weighted by molar-refractivity contribution is 6.24. The minimum Gasteiger partial charge on any atom is -0.310 e. The van der Waals surface area contributed by atoms with Crippen LogP contribution < -0.4 is 4.90 Å². The molecule has 0 aromatic heterocycles. The van der Waals surface area contributed by atoms with Crippen molar-refractivity contribution in [2.75, 3.05) is 4.90 Å². The standard InChI is InChI=1S/C79H57N/c1-77(2)71-32-18-15-29-61(71)64-42-40-55(46-75(64)77)80(56-41-43-65-62-30-16-19-33-72(62)78(3,4)76(65)47-56)54-38-35-50(36-39-54)66-48-68-60-28-14-12-26-58(60)67(49-69(68)59-27-13-11-25-57(59)66)51-37-44-74-70(45-51)63-31-17-20-34-73(63)79(74,52-21-7-5-8-22-52)53-23-9-6-10-24-53/h5-49H,1-4H3. The molecule has 0 saturated heterocycles. The van der Waals surface area contributed by atoms with E-state index in [0.717, 1.165) is 17.1 Å². The number of fused-ring (bicyclic) bond motifs is 14. The molecule has 0 unspecified atom stereocenters. The first-order valence-electron chi connectivity index (χ1n) is 28.3. The van der Waals surface area contributed by atoms with E-state index in [1.54, 1.807) is 0 Å². The fourth-order valence-corrected chi connectivity index (χ4v) is 14.9. The van der Waals surface area contributed by atoms with E-state index >= 15 is 0 Å². The number of hydrogen-bond donors (Lipinski definition) is 0. The molecule has 0 amide bonds. The lowest BCUT2D eigenvalue weighted by Gasteiger charge is -2.33. The summed E-state index contributed by atoms with van der Waals surface area (Å²) >= 11 is 0. The molecular formula is C79H57N. The third-order valence-corrected chi connectivity index (χ3v) is 18.7. The van der Waals surface area contributed by atoms with Crippen LogP contribution in [0.25, 0.3) is 88.0 Å². The summed E-state index contributed by atoms with van der Waals surface area (Å²) in [5.74, 6) is 0. The maximum atomic E-state index is 2.48. The van der Waals surface area contributed by atoms with Gasteiger partial charge in [0.15, 0.2) is 0 Å². The molecule has 0 radical (unpaired) electrons. The molecule has 0 atom stereocenters. The minimum absolute atomic E-state index is 0.132. The summed E-state index contributed by atoms with van der Waals surface area (Å²) in [6, 6.07) is 103. The van der Waals surface area contributed by atoms with Crippen LogP contribution in [-0.2, 0) is 16.2 Å². The largest absolute Gasteiger partial charge is 0.310 e. The lowest BCUT2D eigenvalue weighted by atomic mass is 9.67. The predicted octanol–water partition coefficient (Wildman–Crippen LogP) is 20.9. The monoisotopic (exact) mass is 1020 g/mol. The third kappa shape index (κ3) is 6.52. The molecule has 1 heteroatoms. The summed E-state index contributed by atoms with van der Waals surface area (Å²) in [5.41, 5.74) is 26.2. The average Bonchev–Trinajstić information content (AvgIpc) is 4.22. The molecule has 16 rings (SSSR count). The fourth-order valence-electron chi connectivity index (χ4n) is 14.9. The molecule has 0 N–H and O–H groups in total. The molecule has 378 valence electrons. The highest BCUT2D eigenvalue weighted by Crippen LogP contribution is 2.58. The van der Waals surface area contributed by atoms with Crippen molar-refractivity contribution in [3.8, 4) is 55.6 Å². The van der Waals surface area contributed by atoms with Gasteiger partial charge in [-0.3, -0.25) is 0 Å². The van der Waals surface area contributed by atoms with Crippen molar-refractivity contribution in [3.05, 3.63) is 317 Å². The Balaban J connectivity index is 0.840. The Hall–Kier alpha value is -9.56. The summed E-state index contributed by atoms with van der Waals surface area (Å²) in [6.07, 6.45) is 0. The second kappa shape index (κ2) is 17.2. The van der Waals surface area contributed by atoms with Crippen molar-refractivity contribution in [3.63, 3.8) is 0 Å². The predicted molar refractivity (Wildman–Crippen MR) is 337 cm³/mol. The zero-order valence-corrected chi connectivity index (χ0v) is 45.4. The molecule has 0 spiro atoms. The van der Waals surface area contributed by atoms with Crippen LogP contribution in [0.3, 0.4) is 0 Å². The first-order valence-corrected chi connectivity index (χ1v) is 28.3. The lowest BCUT2D eigenvalue weighted by Crippen LogP contribution is -2.28. The normalized spacial score (nSPS) is 14.6. The second-order valence-electron chi connectivity index (χ2n) is 23.5. The van der Waals surface area contributed by atoms with Crippen molar-refractivity contribution in [2.24, 2.45) is 0 Å². The van der Waals surface area contributed by atoms with Crippen LogP contribution >= 0.6 is 0 Å². The van der Waals surface area contributed by atoms with Gasteiger partial charge in [-0.05, 0) is 187 Å². The van der Waals surface area contributed by atoms with Gasteiger partial charge in [-0.25, -0.2) is 0 Å². The zero-order valence-electron chi connectivity index (χ0n) is 45.4. The van der Waals surface area contributed by atoms with Crippen LogP contribution in [0.5, 0.6) is 0 Å². The van der Waals surface area contributed by atoms with E-state index in [4.69, 9.17) is 0 Å². The van der Waals surface area contributed by atoms with Crippen LogP contribution in [0.4, 0.5) is 17.1 Å². The van der Waals surface area contributed by atoms with E-state index in [1.165, 1.54) is 132 Å². The van der Waals surface area contributed by atoms with Gasteiger partial charge in [0.05, 0.1) is 5.41 Å². The first kappa shape index (κ1) is 46.5. The smallest absolute Gasteiger partial charge is 0.0713 e. The van der Waals surface area contributed by atoms with Crippen molar-refractivity contribution in [1.82, 2.24) is 0 Å². The highest BCUT2D eigenvalue weighted by atomic mass is 15.1. The molecule has 0 aliphatic heterocycles. The third-order valence-electron chi connectivity index (χ3n) is 18.7. The van der Waals surface area contributed by atoms with Crippen LogP contribution in [0, 0.1) is 0 Å². The van der Waals surface area contributed by atoms with Gasteiger partial charge in [-0.2, -0.15) is 0 Å². The van der Waals surface area contributed by atoms with Crippen molar-refractivity contribution >= 4 is 49.4 Å². The van der Waals surface area contributed by atoms with E-state index in [-0.39, 0.29) is 10.8 Å². The molecule has 3 aliphatic carbocycles. The fraction of sp³-hybridized carbons (Fsp3) is 0.0886. The maximum absolute atomic E-state index is 2.48. The Morgan fingerprint density at radius 3 is 1.11 bits per heavy atom. The Morgan fingerprint density at radius 1 is 0.225 bits per heavy atom. The van der Waals surface area contributed by atoms with E-state index < -0.39 is 5.41 Å². The molecule has 0 bridgehead atoms. The molecule has 1 nitrogen and oxygen atoms in total. The Labute approximate surface area is 468 Å². The van der Waals surface area contributed by atoms with Crippen LogP contribution in [-0.4, -0.2) is 0 Å². The van der Waals surface area contributed by atoms with Crippen LogP contribution in [0.15, 0.2) is 273 Å². The average molecular weight is 1020 g/mol. The molecule has 80 heavy (non-hydrogen) atoms. The van der Waals surface area contributed by atoms with Crippen molar-refractivity contribution in [1.29, 1.82) is 0 Å². The molecular weight excluding hydrogens is 963 g/mol. The van der Waals surface area contributed by atoms with Crippen molar-refractivity contribution < 1.29 is 0 Å². The van der Waals surface area contributed by atoms with E-state index in [1.807, 2.05) is 0 Å². The number of rotatable bonds is 7. The Bertz CT molecular complexity index is 4550. The number of nitrogens with zero attached hydrogens (tertiary/aromatic N) is 1. The van der Waals surface area contributed by atoms with Gasteiger partial charge in [-0.1, -0.05) is 246 Å². The molecule has 3 aliphatic rings. The molecule has 0 saturated carbocycles. The van der Waals surface area contributed by atoms with E-state index in [9.17, 15) is 0 Å². The van der Waals surface area contributed by atoms with Gasteiger partial charge in [0.25, 0.3) is 0 Å². The van der Waals surface area contributed by atoms with Gasteiger partial charge in [0.2, 0.25) is 0 Å². The quantitative estimate of drug-likeness (QED) is 0.144. The van der Waals surface area contributed by atoms with Gasteiger partial charge in [0.1, 0.15) is 0 Å². The summed E-state index contributed by atoms with van der Waals surface area (Å²) in [6.45, 7) is 9.51. The van der Waals surface area contributed by atoms with Crippen molar-refractivity contribution in [2.45, 2.75) is 43.9 Å². The number of hydrogen-bond acceptors (Lipinski definition) is 1. The molecule has 0 fully saturated rings. The van der Waals surface area contributed by atoms with Gasteiger partial charge >= 0.3 is 0 Å². The van der Waals surface area contributed by atoms with E-state index in [2.05, 4.69) is 306 Å². The molecule has 13 aromatic rings. The molecule has 0 heterocycles.